The van der Waals surface area contributed by atoms with Crippen LogP contribution in [-0.2, 0) is 6.54 Å². The van der Waals surface area contributed by atoms with Gasteiger partial charge in [-0.2, -0.15) is 0 Å². The van der Waals surface area contributed by atoms with Crippen LogP contribution in [0.3, 0.4) is 0 Å². The molecule has 1 heterocycles. The number of guanidine groups is 1. The minimum Gasteiger partial charge on any atom is -0.357 e. The summed E-state index contributed by atoms with van der Waals surface area (Å²) in [4.78, 5) is 9.63. The Morgan fingerprint density at radius 1 is 1.31 bits per heavy atom. The first-order valence-electron chi connectivity index (χ1n) is 10.1. The summed E-state index contributed by atoms with van der Waals surface area (Å²) in [7, 11) is 4.41. The van der Waals surface area contributed by atoms with Gasteiger partial charge in [-0.05, 0) is 59.3 Å². The van der Waals surface area contributed by atoms with Crippen molar-refractivity contribution in [1.82, 2.24) is 20.4 Å². The minimum absolute atomic E-state index is 0.520. The Labute approximate surface area is 159 Å². The maximum Gasteiger partial charge on any atom is 0.191 e. The van der Waals surface area contributed by atoms with E-state index in [1.807, 2.05) is 0 Å². The maximum absolute atomic E-state index is 4.79. The number of benzene rings is 1. The first-order chi connectivity index (χ1) is 12.6. The van der Waals surface area contributed by atoms with Crippen molar-refractivity contribution in [2.45, 2.75) is 51.7 Å². The third-order valence-electron chi connectivity index (χ3n) is 5.36. The van der Waals surface area contributed by atoms with Crippen LogP contribution in [0.5, 0.6) is 0 Å². The van der Waals surface area contributed by atoms with E-state index in [2.05, 4.69) is 78.7 Å². The van der Waals surface area contributed by atoms with Gasteiger partial charge in [0.2, 0.25) is 0 Å². The van der Waals surface area contributed by atoms with E-state index in [9.17, 15) is 0 Å². The Kier molecular flexibility index (Phi) is 8.92. The molecule has 0 bridgehead atoms. The zero-order valence-corrected chi connectivity index (χ0v) is 17.0. The lowest BCUT2D eigenvalue weighted by Crippen LogP contribution is -2.41. The Bertz CT molecular complexity index is 530. The molecule has 2 atom stereocenters. The Hall–Kier alpha value is -1.59. The molecule has 1 aliphatic heterocycles. The molecule has 146 valence electrons. The molecule has 0 spiro atoms. The van der Waals surface area contributed by atoms with Crippen LogP contribution in [0.4, 0.5) is 0 Å². The maximum atomic E-state index is 4.79. The molecule has 26 heavy (non-hydrogen) atoms. The summed E-state index contributed by atoms with van der Waals surface area (Å²) in [6, 6.07) is 11.8. The van der Waals surface area contributed by atoms with E-state index in [0.717, 1.165) is 38.6 Å². The van der Waals surface area contributed by atoms with Crippen molar-refractivity contribution in [3.05, 3.63) is 35.9 Å². The second kappa shape index (κ2) is 11.2. The number of hydrogen-bond donors (Lipinski definition) is 2. The molecule has 2 rings (SSSR count). The lowest BCUT2D eigenvalue weighted by atomic mass is 10.1. The van der Waals surface area contributed by atoms with E-state index in [0.29, 0.717) is 12.1 Å². The van der Waals surface area contributed by atoms with Crippen LogP contribution < -0.4 is 10.6 Å². The fourth-order valence-corrected chi connectivity index (χ4v) is 3.40. The van der Waals surface area contributed by atoms with Crippen molar-refractivity contribution >= 4 is 5.96 Å². The van der Waals surface area contributed by atoms with Gasteiger partial charge in [0.15, 0.2) is 5.96 Å². The van der Waals surface area contributed by atoms with E-state index in [1.54, 1.807) is 0 Å². The molecular formula is C21H37N5. The highest BCUT2D eigenvalue weighted by Gasteiger charge is 2.20. The highest BCUT2D eigenvalue weighted by Crippen LogP contribution is 2.14. The largest absolute Gasteiger partial charge is 0.357 e. The first kappa shape index (κ1) is 20.7. The van der Waals surface area contributed by atoms with E-state index in [4.69, 9.17) is 4.99 Å². The van der Waals surface area contributed by atoms with Crippen molar-refractivity contribution in [3.8, 4) is 0 Å². The van der Waals surface area contributed by atoms with E-state index >= 15 is 0 Å². The Morgan fingerprint density at radius 2 is 2.08 bits per heavy atom. The van der Waals surface area contributed by atoms with Gasteiger partial charge >= 0.3 is 0 Å². The summed E-state index contributed by atoms with van der Waals surface area (Å²) in [5.74, 6) is 0.950. The highest BCUT2D eigenvalue weighted by molar-refractivity contribution is 5.79. The van der Waals surface area contributed by atoms with Crippen molar-refractivity contribution in [2.24, 2.45) is 4.99 Å². The molecule has 2 unspecified atom stereocenters. The molecule has 1 aromatic carbocycles. The average Bonchev–Trinajstić information content (AvgIpc) is 3.05. The van der Waals surface area contributed by atoms with Crippen LogP contribution in [0.2, 0.25) is 0 Å². The average molecular weight is 360 g/mol. The van der Waals surface area contributed by atoms with Gasteiger partial charge in [-0.1, -0.05) is 30.3 Å². The topological polar surface area (TPSA) is 42.9 Å². The molecular weight excluding hydrogens is 322 g/mol. The number of rotatable bonds is 9. The van der Waals surface area contributed by atoms with Crippen LogP contribution in [0.1, 0.15) is 38.7 Å². The summed E-state index contributed by atoms with van der Waals surface area (Å²) in [6.45, 7) is 9.33. The molecule has 5 heteroatoms. The molecule has 2 N–H and O–H groups in total. The number of likely N-dealkylation sites (tertiary alicyclic amines) is 1. The highest BCUT2D eigenvalue weighted by atomic mass is 15.2. The molecule has 0 radical (unpaired) electrons. The van der Waals surface area contributed by atoms with Gasteiger partial charge in [-0.25, -0.2) is 0 Å². The number of aliphatic imine (C=N–C) groups is 1. The Morgan fingerprint density at radius 3 is 2.73 bits per heavy atom. The van der Waals surface area contributed by atoms with Crippen molar-refractivity contribution in [2.75, 3.05) is 40.3 Å². The van der Waals surface area contributed by atoms with Crippen LogP contribution in [-0.4, -0.2) is 68.1 Å². The SMILES string of the molecule is CCNC(=NCC1CCCN1C)NCCC(C)N(C)Cc1ccccc1. The molecule has 0 saturated carbocycles. The van der Waals surface area contributed by atoms with E-state index < -0.39 is 0 Å². The molecule has 1 fully saturated rings. The number of hydrogen-bond acceptors (Lipinski definition) is 3. The molecule has 0 aromatic heterocycles. The number of likely N-dealkylation sites (N-methyl/N-ethyl adjacent to an activating group) is 1. The summed E-state index contributed by atoms with van der Waals surface area (Å²) in [5, 5.41) is 6.87. The zero-order valence-electron chi connectivity index (χ0n) is 17.0. The van der Waals surface area contributed by atoms with Crippen LogP contribution in [0.15, 0.2) is 35.3 Å². The van der Waals surface area contributed by atoms with Gasteiger partial charge < -0.3 is 15.5 Å². The van der Waals surface area contributed by atoms with Gasteiger partial charge in [-0.15, -0.1) is 0 Å². The van der Waals surface area contributed by atoms with Crippen molar-refractivity contribution in [3.63, 3.8) is 0 Å². The predicted octanol–water partition coefficient (Wildman–Crippen LogP) is 2.55. The first-order valence-corrected chi connectivity index (χ1v) is 10.1. The molecule has 1 aliphatic rings. The summed E-state index contributed by atoms with van der Waals surface area (Å²) in [6.07, 6.45) is 3.66. The van der Waals surface area contributed by atoms with E-state index in [-0.39, 0.29) is 0 Å². The second-order valence-electron chi connectivity index (χ2n) is 7.46. The summed E-state index contributed by atoms with van der Waals surface area (Å²) < 4.78 is 0. The van der Waals surface area contributed by atoms with E-state index in [1.165, 1.54) is 24.9 Å². The lowest BCUT2D eigenvalue weighted by molar-refractivity contribution is 0.238. The predicted molar refractivity (Wildman–Crippen MR) is 112 cm³/mol. The fourth-order valence-electron chi connectivity index (χ4n) is 3.40. The smallest absolute Gasteiger partial charge is 0.191 e. The number of nitrogens with zero attached hydrogens (tertiary/aromatic N) is 3. The van der Waals surface area contributed by atoms with Gasteiger partial charge in [-0.3, -0.25) is 9.89 Å². The molecule has 1 aromatic rings. The molecule has 0 amide bonds. The molecule has 0 aliphatic carbocycles. The second-order valence-corrected chi connectivity index (χ2v) is 7.46. The normalized spacial score (nSPS) is 19.7. The van der Waals surface area contributed by atoms with Crippen LogP contribution >= 0.6 is 0 Å². The third-order valence-corrected chi connectivity index (χ3v) is 5.36. The van der Waals surface area contributed by atoms with Gasteiger partial charge in [0, 0.05) is 31.7 Å². The molecule has 5 nitrogen and oxygen atoms in total. The van der Waals surface area contributed by atoms with Crippen LogP contribution in [0, 0.1) is 0 Å². The summed E-state index contributed by atoms with van der Waals surface area (Å²) >= 11 is 0. The fraction of sp³-hybridized carbons (Fsp3) is 0.667. The van der Waals surface area contributed by atoms with Gasteiger partial charge in [0.05, 0.1) is 6.54 Å². The minimum atomic E-state index is 0.520. The molecule has 1 saturated heterocycles. The number of nitrogens with one attached hydrogen (secondary N) is 2. The third kappa shape index (κ3) is 6.96. The van der Waals surface area contributed by atoms with Crippen LogP contribution in [0.25, 0.3) is 0 Å². The van der Waals surface area contributed by atoms with Crippen molar-refractivity contribution in [1.29, 1.82) is 0 Å². The quantitative estimate of drug-likeness (QED) is 0.525. The summed E-state index contributed by atoms with van der Waals surface area (Å²) in [5.41, 5.74) is 1.37. The standard InChI is InChI=1S/C21H37N5/c1-5-22-21(24-16-20-12-9-15-25(20)3)23-14-13-18(2)26(4)17-19-10-7-6-8-11-19/h6-8,10-11,18,20H,5,9,12-17H2,1-4H3,(H2,22,23,24). The Balaban J connectivity index is 1.73. The van der Waals surface area contributed by atoms with Gasteiger partial charge in [0.1, 0.15) is 0 Å². The van der Waals surface area contributed by atoms with Gasteiger partial charge in [0.25, 0.3) is 0 Å². The zero-order chi connectivity index (χ0) is 18.8. The van der Waals surface area contributed by atoms with Crippen molar-refractivity contribution < 1.29 is 0 Å². The monoisotopic (exact) mass is 359 g/mol. The lowest BCUT2D eigenvalue weighted by Gasteiger charge is -2.25.